The monoisotopic (exact) mass is 582 g/mol. The number of nitrogens with one attached hydrogen (secondary N) is 2. The van der Waals surface area contributed by atoms with Gasteiger partial charge in [-0.1, -0.05) is 59.6 Å². The quantitative estimate of drug-likeness (QED) is 0.129. The fraction of sp³-hybridized carbons (Fsp3) is 0.0938. The largest absolute Gasteiger partial charge is 0.493 e. The van der Waals surface area contributed by atoms with Crippen molar-refractivity contribution < 1.29 is 14.3 Å². The number of benzene rings is 4. The molecule has 0 atom stereocenters. The van der Waals surface area contributed by atoms with Crippen molar-refractivity contribution in [2.45, 2.75) is 13.5 Å². The first-order valence-electron chi connectivity index (χ1n) is 12.8. The van der Waals surface area contributed by atoms with Gasteiger partial charge < -0.3 is 14.8 Å². The third kappa shape index (κ3) is 7.30. The maximum absolute atomic E-state index is 12.6. The molecular formula is C32H27ClN4O3S. The molecule has 0 saturated carbocycles. The molecule has 0 aliphatic carbocycles. The van der Waals surface area contributed by atoms with Crippen molar-refractivity contribution in [2.75, 3.05) is 12.4 Å². The van der Waals surface area contributed by atoms with Crippen LogP contribution in [0.25, 0.3) is 11.3 Å². The van der Waals surface area contributed by atoms with E-state index in [0.29, 0.717) is 28.7 Å². The van der Waals surface area contributed by atoms with Crippen molar-refractivity contribution in [3.8, 4) is 22.8 Å². The number of rotatable bonds is 10. The highest BCUT2D eigenvalue weighted by molar-refractivity contribution is 7.14. The maximum Gasteiger partial charge on any atom is 0.271 e. The molecule has 1 aromatic heterocycles. The number of hydrogen-bond acceptors (Lipinski definition) is 7. The molecule has 41 heavy (non-hydrogen) atoms. The summed E-state index contributed by atoms with van der Waals surface area (Å²) in [5, 5.41) is 10.8. The third-order valence-corrected chi connectivity index (χ3v) is 7.28. The number of thiazole rings is 1. The minimum atomic E-state index is -0.320. The van der Waals surface area contributed by atoms with Gasteiger partial charge in [0.2, 0.25) is 0 Å². The Morgan fingerprint density at radius 1 is 1.00 bits per heavy atom. The summed E-state index contributed by atoms with van der Waals surface area (Å²) in [4.78, 5) is 17.3. The van der Waals surface area contributed by atoms with Gasteiger partial charge in [-0.15, -0.1) is 11.3 Å². The molecule has 1 heterocycles. The molecule has 7 nitrogen and oxygen atoms in total. The lowest BCUT2D eigenvalue weighted by Gasteiger charge is -2.12. The zero-order valence-corrected chi connectivity index (χ0v) is 24.0. The van der Waals surface area contributed by atoms with E-state index in [9.17, 15) is 4.79 Å². The Morgan fingerprint density at radius 3 is 2.54 bits per heavy atom. The van der Waals surface area contributed by atoms with Crippen LogP contribution in [0.5, 0.6) is 11.5 Å². The van der Waals surface area contributed by atoms with Gasteiger partial charge in [-0.3, -0.25) is 4.79 Å². The number of halogens is 1. The molecule has 0 saturated heterocycles. The first kappa shape index (κ1) is 27.9. The van der Waals surface area contributed by atoms with Crippen LogP contribution in [0.15, 0.2) is 101 Å². The second-order valence-corrected chi connectivity index (χ2v) is 10.4. The molecule has 4 aromatic carbocycles. The van der Waals surface area contributed by atoms with Crippen LogP contribution >= 0.6 is 22.9 Å². The van der Waals surface area contributed by atoms with Crippen molar-refractivity contribution in [1.82, 2.24) is 10.4 Å². The Hall–Kier alpha value is -4.66. The first-order valence-corrected chi connectivity index (χ1v) is 14.0. The number of ether oxygens (including phenoxy) is 2. The highest BCUT2D eigenvalue weighted by Crippen LogP contribution is 2.30. The number of hydrazone groups is 1. The molecule has 0 unspecified atom stereocenters. The Balaban J connectivity index is 1.16. The van der Waals surface area contributed by atoms with E-state index in [-0.39, 0.29) is 5.91 Å². The predicted octanol–water partition coefficient (Wildman–Crippen LogP) is 7.87. The number of aromatic nitrogens is 1. The van der Waals surface area contributed by atoms with Gasteiger partial charge in [0.15, 0.2) is 16.6 Å². The van der Waals surface area contributed by atoms with Crippen LogP contribution in [-0.4, -0.2) is 24.2 Å². The second kappa shape index (κ2) is 13.1. The highest BCUT2D eigenvalue weighted by Gasteiger charge is 2.10. The summed E-state index contributed by atoms with van der Waals surface area (Å²) in [5.41, 5.74) is 8.61. The Morgan fingerprint density at radius 2 is 1.78 bits per heavy atom. The van der Waals surface area contributed by atoms with Crippen LogP contribution in [0, 0.1) is 6.92 Å². The summed E-state index contributed by atoms with van der Waals surface area (Å²) in [6, 6.07) is 28.3. The molecule has 206 valence electrons. The number of amides is 1. The van der Waals surface area contributed by atoms with E-state index in [0.717, 1.165) is 33.2 Å². The zero-order chi connectivity index (χ0) is 28.6. The molecule has 0 spiro atoms. The molecule has 0 radical (unpaired) electrons. The van der Waals surface area contributed by atoms with Crippen molar-refractivity contribution in [2.24, 2.45) is 5.10 Å². The van der Waals surface area contributed by atoms with Gasteiger partial charge in [0.25, 0.3) is 5.91 Å². The number of methoxy groups -OCH3 is 1. The van der Waals surface area contributed by atoms with Crippen molar-refractivity contribution in [3.05, 3.63) is 124 Å². The van der Waals surface area contributed by atoms with E-state index in [1.54, 1.807) is 37.6 Å². The summed E-state index contributed by atoms with van der Waals surface area (Å²) >= 11 is 7.74. The number of anilines is 2. The number of hydrogen-bond donors (Lipinski definition) is 2. The van der Waals surface area contributed by atoms with Crippen molar-refractivity contribution in [1.29, 1.82) is 0 Å². The van der Waals surface area contributed by atoms with E-state index in [1.165, 1.54) is 16.9 Å². The number of nitrogens with zero attached hydrogens (tertiary/aromatic N) is 2. The predicted molar refractivity (Wildman–Crippen MR) is 166 cm³/mol. The molecule has 1 amide bonds. The summed E-state index contributed by atoms with van der Waals surface area (Å²) in [6.45, 7) is 2.37. The number of carbonyl (C=O) groups excluding carboxylic acids is 1. The second-order valence-electron chi connectivity index (χ2n) is 9.10. The Labute approximate surface area is 247 Å². The average Bonchev–Trinajstić information content (AvgIpc) is 3.46. The van der Waals surface area contributed by atoms with Gasteiger partial charge in [0.05, 0.1) is 19.0 Å². The van der Waals surface area contributed by atoms with Crippen LogP contribution in [0.3, 0.4) is 0 Å². The zero-order valence-electron chi connectivity index (χ0n) is 22.4. The SMILES string of the molecule is COc1cc(/C=N\NC(=O)c2ccc(-c3csc(Nc4ccc(C)cc4)n3)cc2)ccc1OCc1ccccc1Cl. The molecule has 5 rings (SSSR count). The van der Waals surface area contributed by atoms with Gasteiger partial charge >= 0.3 is 0 Å². The van der Waals surface area contributed by atoms with E-state index < -0.39 is 0 Å². The number of aryl methyl sites for hydroxylation is 1. The smallest absolute Gasteiger partial charge is 0.271 e. The summed E-state index contributed by atoms with van der Waals surface area (Å²) in [7, 11) is 1.57. The lowest BCUT2D eigenvalue weighted by molar-refractivity contribution is 0.0955. The normalized spacial score (nSPS) is 10.9. The van der Waals surface area contributed by atoms with E-state index in [2.05, 4.69) is 39.9 Å². The lowest BCUT2D eigenvalue weighted by Crippen LogP contribution is -2.17. The third-order valence-electron chi connectivity index (χ3n) is 6.16. The summed E-state index contributed by atoms with van der Waals surface area (Å²) < 4.78 is 11.4. The standard InChI is InChI=1S/C32H27ClN4O3S/c1-21-7-14-26(15-8-21)35-32-36-28(20-41-32)23-10-12-24(13-11-23)31(38)37-34-18-22-9-16-29(30(17-22)39-2)40-19-25-5-3-4-6-27(25)33/h3-18,20H,19H2,1-2H3,(H,35,36)(H,37,38)/b34-18-. The molecule has 0 aliphatic heterocycles. The van der Waals surface area contributed by atoms with Gasteiger partial charge in [-0.25, -0.2) is 10.4 Å². The molecule has 0 aliphatic rings. The van der Waals surface area contributed by atoms with E-state index >= 15 is 0 Å². The van der Waals surface area contributed by atoms with Crippen LogP contribution in [0.1, 0.15) is 27.0 Å². The van der Waals surface area contributed by atoms with E-state index in [4.69, 9.17) is 21.1 Å². The van der Waals surface area contributed by atoms with Gasteiger partial charge in [-0.2, -0.15) is 5.10 Å². The summed E-state index contributed by atoms with van der Waals surface area (Å²) in [5.74, 6) is 0.800. The molecular weight excluding hydrogens is 556 g/mol. The minimum absolute atomic E-state index is 0.312. The van der Waals surface area contributed by atoms with Crippen molar-refractivity contribution >= 4 is 45.9 Å². The molecule has 0 bridgehead atoms. The Kier molecular flexibility index (Phi) is 8.93. The molecule has 5 aromatic rings. The molecule has 9 heteroatoms. The first-order chi connectivity index (χ1) is 20.0. The fourth-order valence-electron chi connectivity index (χ4n) is 3.90. The highest BCUT2D eigenvalue weighted by atomic mass is 35.5. The average molecular weight is 583 g/mol. The molecule has 2 N–H and O–H groups in total. The topological polar surface area (TPSA) is 84.8 Å². The van der Waals surface area contributed by atoms with Crippen molar-refractivity contribution in [3.63, 3.8) is 0 Å². The van der Waals surface area contributed by atoms with E-state index in [1.807, 2.05) is 60.0 Å². The molecule has 0 fully saturated rings. The van der Waals surface area contributed by atoms with Gasteiger partial charge in [-0.05, 0) is 61.0 Å². The van der Waals surface area contributed by atoms with Crippen LogP contribution < -0.4 is 20.2 Å². The van der Waals surface area contributed by atoms with Gasteiger partial charge in [0, 0.05) is 32.8 Å². The summed E-state index contributed by atoms with van der Waals surface area (Å²) in [6.07, 6.45) is 1.55. The van der Waals surface area contributed by atoms with Crippen LogP contribution in [-0.2, 0) is 6.61 Å². The number of carbonyl (C=O) groups is 1. The van der Waals surface area contributed by atoms with Crippen LogP contribution in [0.2, 0.25) is 5.02 Å². The lowest BCUT2D eigenvalue weighted by atomic mass is 10.1. The van der Waals surface area contributed by atoms with Crippen LogP contribution in [0.4, 0.5) is 10.8 Å². The Bertz CT molecular complexity index is 1670. The van der Waals surface area contributed by atoms with Gasteiger partial charge in [0.1, 0.15) is 6.61 Å². The minimum Gasteiger partial charge on any atom is -0.493 e. The fourth-order valence-corrected chi connectivity index (χ4v) is 4.83. The maximum atomic E-state index is 12.6.